The summed E-state index contributed by atoms with van der Waals surface area (Å²) in [5.74, 6) is -0.173. The van der Waals surface area contributed by atoms with Crippen LogP contribution >= 0.6 is 11.3 Å². The molecular weight excluding hydrogens is 380 g/mol. The van der Waals surface area contributed by atoms with Crippen LogP contribution in [0, 0.1) is 6.92 Å². The maximum absolute atomic E-state index is 12.8. The standard InChI is InChI=1S/C24H18N2O2S/c1-15-5-4-6-16(11-15)12-18-14-25-24(29-18)26-23(27)17-9-10-22-20(13-17)19-7-2-3-8-21(19)28-22/h2-11,13-14H,12H2,1H3,(H,25,26,27). The molecule has 0 radical (unpaired) electrons. The summed E-state index contributed by atoms with van der Waals surface area (Å²) in [5, 5.41) is 5.47. The van der Waals surface area contributed by atoms with Gasteiger partial charge in [-0.1, -0.05) is 48.0 Å². The highest BCUT2D eigenvalue weighted by molar-refractivity contribution is 7.15. The van der Waals surface area contributed by atoms with Crippen molar-refractivity contribution < 1.29 is 9.21 Å². The first kappa shape index (κ1) is 17.6. The molecule has 5 heteroatoms. The quantitative estimate of drug-likeness (QED) is 0.392. The number of para-hydroxylation sites is 1. The summed E-state index contributed by atoms with van der Waals surface area (Å²) in [6.07, 6.45) is 2.64. The van der Waals surface area contributed by atoms with E-state index in [0.29, 0.717) is 10.7 Å². The van der Waals surface area contributed by atoms with Crippen LogP contribution in [0.25, 0.3) is 21.9 Å². The van der Waals surface area contributed by atoms with Crippen molar-refractivity contribution in [2.45, 2.75) is 13.3 Å². The molecule has 1 amide bonds. The Morgan fingerprint density at radius 2 is 1.86 bits per heavy atom. The monoisotopic (exact) mass is 398 g/mol. The number of hydrogen-bond donors (Lipinski definition) is 1. The predicted octanol–water partition coefficient (Wildman–Crippen LogP) is 6.19. The Morgan fingerprint density at radius 1 is 1.00 bits per heavy atom. The van der Waals surface area contributed by atoms with E-state index in [-0.39, 0.29) is 5.91 Å². The third-order valence-corrected chi connectivity index (χ3v) is 5.79. The molecule has 0 unspecified atom stereocenters. The molecule has 0 spiro atoms. The van der Waals surface area contributed by atoms with Gasteiger partial charge in [0.15, 0.2) is 5.13 Å². The second kappa shape index (κ2) is 7.18. The van der Waals surface area contributed by atoms with Gasteiger partial charge in [0, 0.05) is 33.8 Å². The van der Waals surface area contributed by atoms with E-state index in [2.05, 4.69) is 41.5 Å². The number of amides is 1. The average Bonchev–Trinajstić information content (AvgIpc) is 3.31. The van der Waals surface area contributed by atoms with E-state index in [4.69, 9.17) is 4.42 Å². The highest BCUT2D eigenvalue weighted by Crippen LogP contribution is 2.29. The van der Waals surface area contributed by atoms with Gasteiger partial charge in [-0.3, -0.25) is 10.1 Å². The van der Waals surface area contributed by atoms with Crippen molar-refractivity contribution in [3.05, 3.63) is 94.5 Å². The molecule has 0 bridgehead atoms. The molecule has 5 rings (SSSR count). The molecule has 0 fully saturated rings. The van der Waals surface area contributed by atoms with Gasteiger partial charge in [0.1, 0.15) is 11.2 Å². The molecule has 2 heterocycles. The van der Waals surface area contributed by atoms with Crippen LogP contribution in [0.15, 0.2) is 77.3 Å². The summed E-state index contributed by atoms with van der Waals surface area (Å²) >= 11 is 1.50. The smallest absolute Gasteiger partial charge is 0.257 e. The number of thiazole rings is 1. The van der Waals surface area contributed by atoms with E-state index >= 15 is 0 Å². The van der Waals surface area contributed by atoms with Crippen LogP contribution < -0.4 is 5.32 Å². The number of nitrogens with zero attached hydrogens (tertiary/aromatic N) is 1. The summed E-state index contributed by atoms with van der Waals surface area (Å²) in [6, 6.07) is 21.8. The molecule has 1 N–H and O–H groups in total. The predicted molar refractivity (Wildman–Crippen MR) is 118 cm³/mol. The fourth-order valence-corrected chi connectivity index (χ4v) is 4.35. The Balaban J connectivity index is 1.36. The third kappa shape index (κ3) is 3.52. The van der Waals surface area contributed by atoms with Gasteiger partial charge >= 0.3 is 0 Å². The molecule has 0 saturated carbocycles. The number of aromatic nitrogens is 1. The molecule has 0 aliphatic rings. The normalized spacial score (nSPS) is 11.2. The Labute approximate surface area is 171 Å². The zero-order chi connectivity index (χ0) is 19.8. The second-order valence-corrected chi connectivity index (χ2v) is 8.18. The maximum atomic E-state index is 12.8. The Hall–Kier alpha value is -3.44. The largest absolute Gasteiger partial charge is 0.456 e. The third-order valence-electron chi connectivity index (χ3n) is 4.87. The second-order valence-electron chi connectivity index (χ2n) is 7.06. The van der Waals surface area contributed by atoms with Gasteiger partial charge in [-0.25, -0.2) is 4.98 Å². The van der Waals surface area contributed by atoms with Gasteiger partial charge in [-0.05, 0) is 36.8 Å². The summed E-state index contributed by atoms with van der Waals surface area (Å²) in [6.45, 7) is 2.09. The first-order valence-corrected chi connectivity index (χ1v) is 10.2. The molecule has 5 aromatic rings. The average molecular weight is 398 g/mol. The van der Waals surface area contributed by atoms with E-state index in [1.54, 1.807) is 6.07 Å². The van der Waals surface area contributed by atoms with Gasteiger partial charge in [0.2, 0.25) is 0 Å². The van der Waals surface area contributed by atoms with Crippen molar-refractivity contribution in [2.75, 3.05) is 5.32 Å². The number of furan rings is 1. The lowest BCUT2D eigenvalue weighted by molar-refractivity contribution is 0.102. The highest BCUT2D eigenvalue weighted by Gasteiger charge is 2.13. The van der Waals surface area contributed by atoms with Crippen LogP contribution in [0.4, 0.5) is 5.13 Å². The molecule has 0 atom stereocenters. The van der Waals surface area contributed by atoms with Crippen LogP contribution in [-0.2, 0) is 6.42 Å². The van der Waals surface area contributed by atoms with E-state index in [1.165, 1.54) is 22.5 Å². The summed E-state index contributed by atoms with van der Waals surface area (Å²) < 4.78 is 5.83. The van der Waals surface area contributed by atoms with Crippen molar-refractivity contribution in [3.63, 3.8) is 0 Å². The van der Waals surface area contributed by atoms with Crippen molar-refractivity contribution in [3.8, 4) is 0 Å². The number of benzene rings is 3. The molecular formula is C24H18N2O2S. The summed E-state index contributed by atoms with van der Waals surface area (Å²) in [7, 11) is 0. The van der Waals surface area contributed by atoms with Crippen LogP contribution in [0.5, 0.6) is 0 Å². The molecule has 29 heavy (non-hydrogen) atoms. The molecule has 4 nitrogen and oxygen atoms in total. The van der Waals surface area contributed by atoms with Gasteiger partial charge in [-0.15, -0.1) is 11.3 Å². The van der Waals surface area contributed by atoms with Crippen molar-refractivity contribution in [1.82, 2.24) is 4.98 Å². The van der Waals surface area contributed by atoms with Crippen LogP contribution in [-0.4, -0.2) is 10.9 Å². The minimum Gasteiger partial charge on any atom is -0.456 e. The van der Waals surface area contributed by atoms with Gasteiger partial charge < -0.3 is 4.42 Å². The zero-order valence-corrected chi connectivity index (χ0v) is 16.6. The first-order valence-electron chi connectivity index (χ1n) is 9.38. The van der Waals surface area contributed by atoms with Gasteiger partial charge in [0.25, 0.3) is 5.91 Å². The topological polar surface area (TPSA) is 55.1 Å². The molecule has 2 aromatic heterocycles. The molecule has 0 aliphatic carbocycles. The van der Waals surface area contributed by atoms with Crippen LogP contribution in [0.3, 0.4) is 0 Å². The highest BCUT2D eigenvalue weighted by atomic mass is 32.1. The van der Waals surface area contributed by atoms with Gasteiger partial charge in [0.05, 0.1) is 0 Å². The lowest BCUT2D eigenvalue weighted by Crippen LogP contribution is -2.11. The van der Waals surface area contributed by atoms with E-state index in [9.17, 15) is 4.79 Å². The fourth-order valence-electron chi connectivity index (χ4n) is 3.51. The lowest BCUT2D eigenvalue weighted by Gasteiger charge is -2.02. The number of nitrogens with one attached hydrogen (secondary N) is 1. The minimum atomic E-state index is -0.173. The number of aryl methyl sites for hydroxylation is 1. The number of rotatable bonds is 4. The summed E-state index contributed by atoms with van der Waals surface area (Å²) in [5.41, 5.74) is 4.66. The van der Waals surface area contributed by atoms with E-state index in [1.807, 2.05) is 42.6 Å². The maximum Gasteiger partial charge on any atom is 0.257 e. The molecule has 0 saturated heterocycles. The Bertz CT molecular complexity index is 1350. The fraction of sp³-hybridized carbons (Fsp3) is 0.0833. The van der Waals surface area contributed by atoms with E-state index < -0.39 is 0 Å². The Kier molecular flexibility index (Phi) is 4.37. The van der Waals surface area contributed by atoms with Crippen LogP contribution in [0.2, 0.25) is 0 Å². The number of carbonyl (C=O) groups excluding carboxylic acids is 1. The number of fused-ring (bicyclic) bond motifs is 3. The van der Waals surface area contributed by atoms with E-state index in [0.717, 1.165) is 33.2 Å². The first-order chi connectivity index (χ1) is 14.2. The molecule has 142 valence electrons. The number of hydrogen-bond acceptors (Lipinski definition) is 4. The minimum absolute atomic E-state index is 0.173. The van der Waals surface area contributed by atoms with Crippen LogP contribution in [0.1, 0.15) is 26.4 Å². The lowest BCUT2D eigenvalue weighted by atomic mass is 10.1. The number of carbonyl (C=O) groups is 1. The molecule has 0 aliphatic heterocycles. The van der Waals surface area contributed by atoms with Gasteiger partial charge in [-0.2, -0.15) is 0 Å². The number of anilines is 1. The van der Waals surface area contributed by atoms with Crippen molar-refractivity contribution in [1.29, 1.82) is 0 Å². The zero-order valence-electron chi connectivity index (χ0n) is 15.8. The van der Waals surface area contributed by atoms with Crippen molar-refractivity contribution in [2.24, 2.45) is 0 Å². The van der Waals surface area contributed by atoms with Crippen molar-refractivity contribution >= 4 is 44.3 Å². The Morgan fingerprint density at radius 3 is 2.76 bits per heavy atom. The SMILES string of the molecule is Cc1cccc(Cc2cnc(NC(=O)c3ccc4oc5ccccc5c4c3)s2)c1. The summed E-state index contributed by atoms with van der Waals surface area (Å²) in [4.78, 5) is 18.2. The molecule has 3 aromatic carbocycles.